The van der Waals surface area contributed by atoms with Crippen LogP contribution in [-0.2, 0) is 9.59 Å². The van der Waals surface area contributed by atoms with E-state index in [-0.39, 0.29) is 29.6 Å². The van der Waals surface area contributed by atoms with Gasteiger partial charge in [-0.1, -0.05) is 19.9 Å². The van der Waals surface area contributed by atoms with Crippen LogP contribution >= 0.6 is 0 Å². The zero-order valence-electron chi connectivity index (χ0n) is 15.4. The van der Waals surface area contributed by atoms with Gasteiger partial charge in [-0.2, -0.15) is 0 Å². The molecule has 1 aliphatic rings. The lowest BCUT2D eigenvalue weighted by atomic mass is 10.1. The molecule has 0 aromatic heterocycles. The molecule has 3 N–H and O–H groups in total. The highest BCUT2D eigenvalue weighted by atomic mass is 16.2. The van der Waals surface area contributed by atoms with Crippen molar-refractivity contribution >= 4 is 34.8 Å². The fraction of sp³-hybridized carbons (Fsp3) is 0.286. The van der Waals surface area contributed by atoms with E-state index >= 15 is 0 Å². The van der Waals surface area contributed by atoms with E-state index in [1.807, 2.05) is 13.8 Å². The summed E-state index contributed by atoms with van der Waals surface area (Å²) in [5.41, 5.74) is 2.37. The number of carbonyl (C=O) groups excluding carboxylic acids is 3. The molecule has 1 saturated carbocycles. The predicted octanol–water partition coefficient (Wildman–Crippen LogP) is 3.88. The summed E-state index contributed by atoms with van der Waals surface area (Å²) < 4.78 is 0. The molecule has 0 unspecified atom stereocenters. The summed E-state index contributed by atoms with van der Waals surface area (Å²) in [6, 6.07) is 13.8. The van der Waals surface area contributed by atoms with Crippen LogP contribution in [0.4, 0.5) is 17.1 Å². The minimum absolute atomic E-state index is 0.00610. The molecule has 27 heavy (non-hydrogen) atoms. The van der Waals surface area contributed by atoms with Crippen LogP contribution in [0.2, 0.25) is 0 Å². The van der Waals surface area contributed by atoms with E-state index in [0.717, 1.165) is 12.8 Å². The van der Waals surface area contributed by atoms with Gasteiger partial charge < -0.3 is 16.0 Å². The molecule has 3 rings (SSSR count). The highest BCUT2D eigenvalue weighted by Gasteiger charge is 2.29. The lowest BCUT2D eigenvalue weighted by Crippen LogP contribution is -2.17. The van der Waals surface area contributed by atoms with Gasteiger partial charge in [0.15, 0.2) is 0 Å². The summed E-state index contributed by atoms with van der Waals surface area (Å²) in [6.07, 6.45) is 1.86. The molecule has 1 aliphatic carbocycles. The Kier molecular flexibility index (Phi) is 5.54. The maximum absolute atomic E-state index is 12.5. The number of carbonyl (C=O) groups is 3. The van der Waals surface area contributed by atoms with Crippen LogP contribution < -0.4 is 16.0 Å². The fourth-order valence-electron chi connectivity index (χ4n) is 2.45. The summed E-state index contributed by atoms with van der Waals surface area (Å²) in [6.45, 7) is 3.65. The van der Waals surface area contributed by atoms with Crippen molar-refractivity contribution < 1.29 is 14.4 Å². The molecular formula is C21H23N3O3. The molecule has 6 nitrogen and oxygen atoms in total. The predicted molar refractivity (Wildman–Crippen MR) is 106 cm³/mol. The first-order valence-corrected chi connectivity index (χ1v) is 9.05. The van der Waals surface area contributed by atoms with Gasteiger partial charge in [-0.25, -0.2) is 0 Å². The minimum Gasteiger partial charge on any atom is -0.326 e. The van der Waals surface area contributed by atoms with Gasteiger partial charge in [0.1, 0.15) is 0 Å². The second-order valence-electron chi connectivity index (χ2n) is 7.02. The molecule has 0 atom stereocenters. The van der Waals surface area contributed by atoms with E-state index in [1.165, 1.54) is 0 Å². The summed E-state index contributed by atoms with van der Waals surface area (Å²) in [5.74, 6) is -0.311. The Labute approximate surface area is 158 Å². The zero-order valence-corrected chi connectivity index (χ0v) is 15.4. The van der Waals surface area contributed by atoms with Gasteiger partial charge in [0, 0.05) is 34.5 Å². The van der Waals surface area contributed by atoms with Crippen molar-refractivity contribution in [3.05, 3.63) is 54.1 Å². The van der Waals surface area contributed by atoms with Crippen LogP contribution in [0.15, 0.2) is 48.5 Å². The molecule has 0 spiro atoms. The highest BCUT2D eigenvalue weighted by molar-refractivity contribution is 6.05. The van der Waals surface area contributed by atoms with Crippen molar-refractivity contribution in [1.82, 2.24) is 0 Å². The van der Waals surface area contributed by atoms with Gasteiger partial charge in [0.05, 0.1) is 0 Å². The monoisotopic (exact) mass is 365 g/mol. The molecule has 2 aromatic rings. The van der Waals surface area contributed by atoms with Gasteiger partial charge in [-0.3, -0.25) is 14.4 Å². The van der Waals surface area contributed by atoms with E-state index in [1.54, 1.807) is 48.5 Å². The first-order valence-electron chi connectivity index (χ1n) is 9.05. The standard InChI is InChI=1S/C21H23N3O3/c1-13(2)19(25)22-16-8-10-17(11-9-16)23-21(27)15-4-3-5-18(12-15)24-20(26)14-6-7-14/h3-5,8-14H,6-7H2,1-2H3,(H,22,25)(H,23,27)(H,24,26). The second kappa shape index (κ2) is 8.03. The molecular weight excluding hydrogens is 342 g/mol. The van der Waals surface area contributed by atoms with Gasteiger partial charge in [-0.15, -0.1) is 0 Å². The third-order valence-electron chi connectivity index (χ3n) is 4.28. The highest BCUT2D eigenvalue weighted by Crippen LogP contribution is 2.30. The Balaban J connectivity index is 1.61. The molecule has 0 bridgehead atoms. The van der Waals surface area contributed by atoms with Crippen LogP contribution in [0.3, 0.4) is 0 Å². The second-order valence-corrected chi connectivity index (χ2v) is 7.02. The van der Waals surface area contributed by atoms with E-state index in [0.29, 0.717) is 22.6 Å². The first kappa shape index (κ1) is 18.6. The van der Waals surface area contributed by atoms with Gasteiger partial charge in [0.2, 0.25) is 11.8 Å². The lowest BCUT2D eigenvalue weighted by molar-refractivity contribution is -0.119. The number of anilines is 3. The molecule has 0 saturated heterocycles. The van der Waals surface area contributed by atoms with Gasteiger partial charge in [-0.05, 0) is 55.3 Å². The van der Waals surface area contributed by atoms with E-state index in [4.69, 9.17) is 0 Å². The SMILES string of the molecule is CC(C)C(=O)Nc1ccc(NC(=O)c2cccc(NC(=O)C3CC3)c2)cc1. The summed E-state index contributed by atoms with van der Waals surface area (Å²) in [4.78, 5) is 36.0. The summed E-state index contributed by atoms with van der Waals surface area (Å²) >= 11 is 0. The average molecular weight is 365 g/mol. The van der Waals surface area contributed by atoms with Crippen LogP contribution in [0.1, 0.15) is 37.0 Å². The molecule has 6 heteroatoms. The van der Waals surface area contributed by atoms with Crippen LogP contribution in [-0.4, -0.2) is 17.7 Å². The van der Waals surface area contributed by atoms with Crippen LogP contribution in [0.25, 0.3) is 0 Å². The number of amides is 3. The summed E-state index contributed by atoms with van der Waals surface area (Å²) in [5, 5.41) is 8.45. The average Bonchev–Trinajstić information content (AvgIpc) is 3.48. The third kappa shape index (κ3) is 5.17. The molecule has 3 amide bonds. The van der Waals surface area contributed by atoms with Crippen LogP contribution in [0.5, 0.6) is 0 Å². The Bertz CT molecular complexity index is 855. The number of nitrogens with one attached hydrogen (secondary N) is 3. The molecule has 0 aliphatic heterocycles. The normalized spacial score (nSPS) is 13.1. The van der Waals surface area contributed by atoms with Crippen molar-refractivity contribution in [2.24, 2.45) is 11.8 Å². The number of rotatable bonds is 6. The molecule has 0 heterocycles. The zero-order chi connectivity index (χ0) is 19.4. The fourth-order valence-corrected chi connectivity index (χ4v) is 2.45. The first-order chi connectivity index (χ1) is 12.9. The van der Waals surface area contributed by atoms with Gasteiger partial charge >= 0.3 is 0 Å². The smallest absolute Gasteiger partial charge is 0.255 e. The van der Waals surface area contributed by atoms with E-state index < -0.39 is 0 Å². The summed E-state index contributed by atoms with van der Waals surface area (Å²) in [7, 11) is 0. The Morgan fingerprint density at radius 3 is 2.07 bits per heavy atom. The van der Waals surface area contributed by atoms with Crippen molar-refractivity contribution in [3.63, 3.8) is 0 Å². The quantitative estimate of drug-likeness (QED) is 0.726. The topological polar surface area (TPSA) is 87.3 Å². The van der Waals surface area contributed by atoms with Gasteiger partial charge in [0.25, 0.3) is 5.91 Å². The van der Waals surface area contributed by atoms with Crippen molar-refractivity contribution in [2.45, 2.75) is 26.7 Å². The maximum atomic E-state index is 12.5. The van der Waals surface area contributed by atoms with E-state index in [9.17, 15) is 14.4 Å². The number of hydrogen-bond acceptors (Lipinski definition) is 3. The molecule has 140 valence electrons. The van der Waals surface area contributed by atoms with E-state index in [2.05, 4.69) is 16.0 Å². The minimum atomic E-state index is -0.267. The molecule has 1 fully saturated rings. The molecule has 2 aromatic carbocycles. The number of benzene rings is 2. The van der Waals surface area contributed by atoms with Crippen LogP contribution in [0, 0.1) is 11.8 Å². The van der Waals surface area contributed by atoms with Crippen molar-refractivity contribution in [1.29, 1.82) is 0 Å². The Morgan fingerprint density at radius 1 is 0.852 bits per heavy atom. The number of hydrogen-bond donors (Lipinski definition) is 3. The Hall–Kier alpha value is -3.15. The molecule has 0 radical (unpaired) electrons. The third-order valence-corrected chi connectivity index (χ3v) is 4.28. The largest absolute Gasteiger partial charge is 0.326 e. The van der Waals surface area contributed by atoms with Crippen molar-refractivity contribution in [2.75, 3.05) is 16.0 Å². The lowest BCUT2D eigenvalue weighted by Gasteiger charge is -2.10. The Morgan fingerprint density at radius 2 is 1.48 bits per heavy atom. The maximum Gasteiger partial charge on any atom is 0.255 e. The van der Waals surface area contributed by atoms with Crippen molar-refractivity contribution in [3.8, 4) is 0 Å².